The van der Waals surface area contributed by atoms with Crippen LogP contribution in [0.25, 0.3) is 5.82 Å². The van der Waals surface area contributed by atoms with E-state index in [2.05, 4.69) is 15.4 Å². The topological polar surface area (TPSA) is 170 Å². The number of anilines is 2. The Labute approximate surface area is 152 Å². The zero-order chi connectivity index (χ0) is 19.6. The summed E-state index contributed by atoms with van der Waals surface area (Å²) in [6.45, 7) is 0. The van der Waals surface area contributed by atoms with Gasteiger partial charge >= 0.3 is 0 Å². The molecule has 0 aliphatic carbocycles. The molecule has 2 aromatic heterocycles. The Kier molecular flexibility index (Phi) is 4.55. The van der Waals surface area contributed by atoms with Crippen molar-refractivity contribution in [2.75, 3.05) is 5.32 Å². The van der Waals surface area contributed by atoms with Crippen LogP contribution in [0.2, 0.25) is 0 Å². The highest BCUT2D eigenvalue weighted by Gasteiger charge is 2.22. The van der Waals surface area contributed by atoms with Crippen LogP contribution in [0.5, 0.6) is 0 Å². The van der Waals surface area contributed by atoms with E-state index < -0.39 is 25.5 Å². The van der Waals surface area contributed by atoms with Crippen molar-refractivity contribution in [3.05, 3.63) is 64.5 Å². The van der Waals surface area contributed by atoms with Crippen molar-refractivity contribution in [2.24, 2.45) is 5.14 Å². The highest BCUT2D eigenvalue weighted by Crippen LogP contribution is 2.31. The molecule has 0 saturated heterocycles. The Morgan fingerprint density at radius 2 is 2.07 bits per heavy atom. The molecule has 0 unspecified atom stereocenters. The summed E-state index contributed by atoms with van der Waals surface area (Å²) in [4.78, 5) is 14.3. The number of nitriles is 1. The maximum absolute atomic E-state index is 11.4. The lowest BCUT2D eigenvalue weighted by molar-refractivity contribution is -0.384. The number of rotatable bonds is 5. The van der Waals surface area contributed by atoms with Gasteiger partial charge in [0.05, 0.1) is 16.0 Å². The number of nitrogens with one attached hydrogen (secondary N) is 1. The number of nitrogens with two attached hydrogens (primary N) is 1. The monoisotopic (exact) mass is 385 g/mol. The minimum Gasteiger partial charge on any atom is -0.333 e. The van der Waals surface area contributed by atoms with Crippen LogP contribution in [0.1, 0.15) is 5.56 Å². The predicted octanol–water partition coefficient (Wildman–Crippen LogP) is 1.44. The molecule has 3 aromatic rings. The Hall–Kier alpha value is -3.82. The molecule has 0 spiro atoms. The largest absolute Gasteiger partial charge is 0.333 e. The number of benzene rings is 1. The van der Waals surface area contributed by atoms with E-state index >= 15 is 0 Å². The lowest BCUT2D eigenvalue weighted by Gasteiger charge is -2.11. The molecule has 27 heavy (non-hydrogen) atoms. The van der Waals surface area contributed by atoms with Gasteiger partial charge < -0.3 is 5.32 Å². The van der Waals surface area contributed by atoms with Crippen LogP contribution in [0.3, 0.4) is 0 Å². The van der Waals surface area contributed by atoms with E-state index in [-0.39, 0.29) is 17.1 Å². The van der Waals surface area contributed by atoms with Crippen LogP contribution in [-0.4, -0.2) is 28.1 Å². The Morgan fingerprint density at radius 3 is 2.67 bits per heavy atom. The zero-order valence-corrected chi connectivity index (χ0v) is 14.3. The molecule has 12 heteroatoms. The van der Waals surface area contributed by atoms with Crippen LogP contribution >= 0.6 is 0 Å². The van der Waals surface area contributed by atoms with Gasteiger partial charge in [-0.1, -0.05) is 6.07 Å². The summed E-state index contributed by atoms with van der Waals surface area (Å²) in [5, 5.41) is 32.5. The summed E-state index contributed by atoms with van der Waals surface area (Å²) in [6, 6.07) is 10.1. The molecule has 0 radical (unpaired) electrons. The van der Waals surface area contributed by atoms with Gasteiger partial charge in [-0.2, -0.15) is 15.0 Å². The van der Waals surface area contributed by atoms with Crippen molar-refractivity contribution in [3.63, 3.8) is 0 Å². The molecule has 2 heterocycles. The molecule has 3 N–H and O–H groups in total. The molecule has 0 bridgehead atoms. The normalized spacial score (nSPS) is 11.0. The maximum atomic E-state index is 11.4. The predicted molar refractivity (Wildman–Crippen MR) is 93.8 cm³/mol. The Bertz CT molecular complexity index is 1170. The van der Waals surface area contributed by atoms with Gasteiger partial charge in [0.2, 0.25) is 10.0 Å². The standard InChI is InChI=1S/C15H11N7O4S/c16-8-10-9-19-21(14-3-1-2-6-18-14)15(10)20-12-5-4-11(27(17,25)26)7-13(12)22(23)24/h1-7,9,20H,(H2,17,25,26). The third-order valence-corrected chi connectivity index (χ3v) is 4.41. The smallest absolute Gasteiger partial charge is 0.294 e. The van der Waals surface area contributed by atoms with E-state index in [4.69, 9.17) is 5.14 Å². The average molecular weight is 385 g/mol. The van der Waals surface area contributed by atoms with Crippen molar-refractivity contribution in [3.8, 4) is 11.9 Å². The summed E-state index contributed by atoms with van der Waals surface area (Å²) in [5.74, 6) is 0.521. The van der Waals surface area contributed by atoms with Crippen molar-refractivity contribution in [1.29, 1.82) is 5.26 Å². The number of nitro benzene ring substituents is 1. The van der Waals surface area contributed by atoms with Crippen LogP contribution in [-0.2, 0) is 10.0 Å². The molecule has 0 amide bonds. The molecule has 11 nitrogen and oxygen atoms in total. The summed E-state index contributed by atoms with van der Waals surface area (Å²) < 4.78 is 24.2. The van der Waals surface area contributed by atoms with E-state index in [1.54, 1.807) is 18.2 Å². The second-order valence-electron chi connectivity index (χ2n) is 5.22. The Morgan fingerprint density at radius 1 is 1.30 bits per heavy atom. The number of aromatic nitrogens is 3. The number of pyridine rings is 1. The molecule has 0 aliphatic rings. The first-order valence-corrected chi connectivity index (χ1v) is 8.83. The first-order chi connectivity index (χ1) is 12.8. The average Bonchev–Trinajstić information content (AvgIpc) is 3.04. The SMILES string of the molecule is N#Cc1cnn(-c2ccccn2)c1Nc1ccc(S(N)(=O)=O)cc1[N+](=O)[O-]. The van der Waals surface area contributed by atoms with Gasteiger partial charge in [-0.05, 0) is 24.3 Å². The van der Waals surface area contributed by atoms with E-state index in [0.29, 0.717) is 5.82 Å². The highest BCUT2D eigenvalue weighted by atomic mass is 32.2. The fourth-order valence-electron chi connectivity index (χ4n) is 2.28. The van der Waals surface area contributed by atoms with E-state index in [0.717, 1.165) is 12.1 Å². The number of nitro groups is 1. The fraction of sp³-hybridized carbons (Fsp3) is 0. The van der Waals surface area contributed by atoms with Gasteiger partial charge in [0.25, 0.3) is 5.69 Å². The molecule has 0 aliphatic heterocycles. The van der Waals surface area contributed by atoms with Crippen LogP contribution in [0.15, 0.2) is 53.7 Å². The molecular formula is C15H11N7O4S. The van der Waals surface area contributed by atoms with E-state index in [9.17, 15) is 23.8 Å². The van der Waals surface area contributed by atoms with E-state index in [1.807, 2.05) is 6.07 Å². The zero-order valence-electron chi connectivity index (χ0n) is 13.5. The lowest BCUT2D eigenvalue weighted by atomic mass is 10.2. The second-order valence-corrected chi connectivity index (χ2v) is 6.79. The summed E-state index contributed by atoms with van der Waals surface area (Å²) >= 11 is 0. The summed E-state index contributed by atoms with van der Waals surface area (Å²) in [5.41, 5.74) is -0.453. The summed E-state index contributed by atoms with van der Waals surface area (Å²) in [7, 11) is -4.11. The molecule has 0 fully saturated rings. The number of hydrogen-bond acceptors (Lipinski definition) is 8. The van der Waals surface area contributed by atoms with Gasteiger partial charge in [-0.3, -0.25) is 10.1 Å². The van der Waals surface area contributed by atoms with Crippen molar-refractivity contribution < 1.29 is 13.3 Å². The number of primary sulfonamides is 1. The molecule has 3 rings (SSSR count). The van der Waals surface area contributed by atoms with Crippen LogP contribution in [0, 0.1) is 21.4 Å². The van der Waals surface area contributed by atoms with Crippen molar-refractivity contribution in [2.45, 2.75) is 4.90 Å². The van der Waals surface area contributed by atoms with Gasteiger partial charge in [-0.15, -0.1) is 0 Å². The van der Waals surface area contributed by atoms with Crippen LogP contribution in [0.4, 0.5) is 17.2 Å². The maximum Gasteiger partial charge on any atom is 0.294 e. The minimum absolute atomic E-state index is 0.0402. The van der Waals surface area contributed by atoms with Crippen LogP contribution < -0.4 is 10.5 Å². The molecular weight excluding hydrogens is 374 g/mol. The molecule has 0 atom stereocenters. The molecule has 136 valence electrons. The van der Waals surface area contributed by atoms with Gasteiger partial charge in [0, 0.05) is 12.3 Å². The first-order valence-electron chi connectivity index (χ1n) is 7.29. The van der Waals surface area contributed by atoms with Crippen molar-refractivity contribution in [1.82, 2.24) is 14.8 Å². The second kappa shape index (κ2) is 6.83. The number of hydrogen-bond donors (Lipinski definition) is 2. The highest BCUT2D eigenvalue weighted by molar-refractivity contribution is 7.89. The molecule has 0 saturated carbocycles. The Balaban J connectivity index is 2.12. The number of sulfonamides is 1. The first kappa shape index (κ1) is 18.0. The van der Waals surface area contributed by atoms with Gasteiger partial charge in [0.15, 0.2) is 11.6 Å². The third-order valence-electron chi connectivity index (χ3n) is 3.50. The van der Waals surface area contributed by atoms with Gasteiger partial charge in [-0.25, -0.2) is 18.5 Å². The lowest BCUT2D eigenvalue weighted by Crippen LogP contribution is -2.13. The molecule has 1 aromatic carbocycles. The fourth-order valence-corrected chi connectivity index (χ4v) is 2.81. The quantitative estimate of drug-likeness (QED) is 0.490. The number of nitrogens with zero attached hydrogens (tertiary/aromatic N) is 5. The third kappa shape index (κ3) is 3.59. The summed E-state index contributed by atoms with van der Waals surface area (Å²) in [6.07, 6.45) is 2.80. The van der Waals surface area contributed by atoms with Crippen molar-refractivity contribution >= 4 is 27.2 Å². The van der Waals surface area contributed by atoms with Gasteiger partial charge in [0.1, 0.15) is 17.3 Å². The minimum atomic E-state index is -4.11. The van der Waals surface area contributed by atoms with E-state index in [1.165, 1.54) is 23.1 Å².